The topological polar surface area (TPSA) is 34.9 Å². The maximum absolute atomic E-state index is 12.1. The fourth-order valence-electron chi connectivity index (χ4n) is 2.65. The van der Waals surface area contributed by atoms with Gasteiger partial charge < -0.3 is 0 Å². The number of nitrogens with zero attached hydrogens (tertiary/aromatic N) is 2. The Balaban J connectivity index is 2.61. The van der Waals surface area contributed by atoms with Crippen LogP contribution in [0.1, 0.15) is 51.8 Å². The normalized spacial score (nSPS) is 13.6. The molecule has 1 aromatic rings. The molecule has 1 atom stereocenters. The van der Waals surface area contributed by atoms with Gasteiger partial charge in [0.2, 0.25) is 0 Å². The molecule has 0 radical (unpaired) electrons. The Kier molecular flexibility index (Phi) is 5.19. The van der Waals surface area contributed by atoms with Gasteiger partial charge in [-0.3, -0.25) is 9.48 Å². The summed E-state index contributed by atoms with van der Waals surface area (Å²) in [5, 5.41) is 4.81. The van der Waals surface area contributed by atoms with Gasteiger partial charge in [-0.1, -0.05) is 39.3 Å². The number of rotatable bonds is 5. The van der Waals surface area contributed by atoms with E-state index in [9.17, 15) is 4.79 Å². The third-order valence-electron chi connectivity index (χ3n) is 3.18. The van der Waals surface area contributed by atoms with Crippen LogP contribution in [-0.4, -0.2) is 15.6 Å². The van der Waals surface area contributed by atoms with E-state index in [1.54, 1.807) is 11.7 Å². The molecular weight excluding hydrogens is 260 g/mol. The van der Waals surface area contributed by atoms with Crippen molar-refractivity contribution >= 4 is 17.4 Å². The molecule has 0 aliphatic rings. The van der Waals surface area contributed by atoms with Gasteiger partial charge in [-0.25, -0.2) is 0 Å². The highest BCUT2D eigenvalue weighted by Gasteiger charge is 2.20. The van der Waals surface area contributed by atoms with Gasteiger partial charge in [-0.2, -0.15) is 5.10 Å². The summed E-state index contributed by atoms with van der Waals surface area (Å²) in [5.41, 5.74) is 1.99. The van der Waals surface area contributed by atoms with E-state index in [1.165, 1.54) is 0 Å². The zero-order valence-electron chi connectivity index (χ0n) is 12.9. The van der Waals surface area contributed by atoms with E-state index < -0.39 is 0 Å². The summed E-state index contributed by atoms with van der Waals surface area (Å²) in [4.78, 5) is 12.1. The van der Waals surface area contributed by atoms with E-state index in [4.69, 9.17) is 11.6 Å². The molecule has 0 fully saturated rings. The lowest BCUT2D eigenvalue weighted by Crippen LogP contribution is -2.15. The van der Waals surface area contributed by atoms with Crippen molar-refractivity contribution in [1.29, 1.82) is 0 Å². The van der Waals surface area contributed by atoms with Gasteiger partial charge in [0.1, 0.15) is 10.9 Å². The molecule has 0 bridgehead atoms. The maximum Gasteiger partial charge on any atom is 0.137 e. The summed E-state index contributed by atoms with van der Waals surface area (Å²) in [6.07, 6.45) is 2.06. The lowest BCUT2D eigenvalue weighted by molar-refractivity contribution is -0.119. The molecule has 0 aliphatic heterocycles. The van der Waals surface area contributed by atoms with Crippen LogP contribution in [0.5, 0.6) is 0 Å². The average Bonchev–Trinajstić information content (AvgIpc) is 2.42. The van der Waals surface area contributed by atoms with Crippen LogP contribution in [0.15, 0.2) is 0 Å². The fraction of sp³-hybridized carbons (Fsp3) is 0.733. The monoisotopic (exact) mass is 284 g/mol. The van der Waals surface area contributed by atoms with Crippen molar-refractivity contribution in [3.63, 3.8) is 0 Å². The summed E-state index contributed by atoms with van der Waals surface area (Å²) in [6, 6.07) is 0. The number of hydrogen-bond donors (Lipinski definition) is 0. The zero-order chi connectivity index (χ0) is 14.8. The van der Waals surface area contributed by atoms with Crippen molar-refractivity contribution in [2.24, 2.45) is 18.4 Å². The highest BCUT2D eigenvalue weighted by molar-refractivity contribution is 6.30. The third-order valence-corrected chi connectivity index (χ3v) is 3.65. The first kappa shape index (κ1) is 16.2. The number of aromatic nitrogens is 2. The third kappa shape index (κ3) is 4.98. The van der Waals surface area contributed by atoms with E-state index in [0.717, 1.165) is 17.7 Å². The van der Waals surface area contributed by atoms with Crippen molar-refractivity contribution in [2.75, 3.05) is 0 Å². The van der Waals surface area contributed by atoms with Crippen LogP contribution in [0.25, 0.3) is 0 Å². The van der Waals surface area contributed by atoms with Crippen LogP contribution < -0.4 is 0 Å². The van der Waals surface area contributed by atoms with Gasteiger partial charge in [0.25, 0.3) is 0 Å². The van der Waals surface area contributed by atoms with Gasteiger partial charge in [0, 0.05) is 25.5 Å². The summed E-state index contributed by atoms with van der Waals surface area (Å²) in [7, 11) is 1.80. The van der Waals surface area contributed by atoms with Crippen LogP contribution in [0, 0.1) is 18.3 Å². The minimum absolute atomic E-state index is 0.245. The van der Waals surface area contributed by atoms with E-state index >= 15 is 0 Å². The summed E-state index contributed by atoms with van der Waals surface area (Å²) in [5.74, 6) is 0.651. The highest BCUT2D eigenvalue weighted by atomic mass is 35.5. The number of aryl methyl sites for hydroxylation is 2. The quantitative estimate of drug-likeness (QED) is 0.820. The predicted octanol–water partition coefficient (Wildman–Crippen LogP) is 3.96. The molecule has 1 rings (SSSR count). The second-order valence-corrected chi connectivity index (χ2v) is 7.13. The molecule has 3 nitrogen and oxygen atoms in total. The van der Waals surface area contributed by atoms with E-state index in [-0.39, 0.29) is 11.2 Å². The summed E-state index contributed by atoms with van der Waals surface area (Å²) < 4.78 is 1.62. The van der Waals surface area contributed by atoms with E-state index in [2.05, 4.69) is 32.8 Å². The first-order valence-electron chi connectivity index (χ1n) is 6.80. The van der Waals surface area contributed by atoms with Crippen molar-refractivity contribution in [1.82, 2.24) is 9.78 Å². The fourth-order valence-corrected chi connectivity index (χ4v) is 2.89. The number of halogens is 1. The van der Waals surface area contributed by atoms with Gasteiger partial charge in [-0.15, -0.1) is 0 Å². The van der Waals surface area contributed by atoms with Crippen LogP contribution in [-0.2, 0) is 18.3 Å². The standard InChI is InChI=1S/C15H25ClN2O/c1-10(9-15(3,4)5)7-12(19)8-13-11(2)17-18(6)14(13)16/h10H,7-9H2,1-6H3. The molecule has 0 N–H and O–H groups in total. The van der Waals surface area contributed by atoms with Gasteiger partial charge in [-0.05, 0) is 24.7 Å². The summed E-state index contributed by atoms with van der Waals surface area (Å²) in [6.45, 7) is 10.6. The minimum atomic E-state index is 0.245. The zero-order valence-corrected chi connectivity index (χ0v) is 13.6. The molecule has 0 spiro atoms. The largest absolute Gasteiger partial charge is 0.299 e. The van der Waals surface area contributed by atoms with Crippen LogP contribution in [0.3, 0.4) is 0 Å². The molecule has 108 valence electrons. The number of hydrogen-bond acceptors (Lipinski definition) is 2. The second kappa shape index (κ2) is 6.08. The molecule has 1 aromatic heterocycles. The van der Waals surface area contributed by atoms with E-state index in [1.807, 2.05) is 6.92 Å². The number of carbonyl (C=O) groups is 1. The van der Waals surface area contributed by atoms with Crippen LogP contribution in [0.2, 0.25) is 5.15 Å². The molecule has 19 heavy (non-hydrogen) atoms. The van der Waals surface area contributed by atoms with Crippen molar-refractivity contribution in [3.8, 4) is 0 Å². The number of ketones is 1. The van der Waals surface area contributed by atoms with Crippen molar-refractivity contribution in [3.05, 3.63) is 16.4 Å². The Morgan fingerprint density at radius 3 is 2.42 bits per heavy atom. The second-order valence-electron chi connectivity index (χ2n) is 6.77. The Labute approximate surface area is 121 Å². The maximum atomic E-state index is 12.1. The first-order chi connectivity index (χ1) is 8.60. The smallest absolute Gasteiger partial charge is 0.137 e. The average molecular weight is 285 g/mol. The Bertz CT molecular complexity index is 457. The molecule has 0 saturated carbocycles. The first-order valence-corrected chi connectivity index (χ1v) is 7.17. The van der Waals surface area contributed by atoms with Crippen LogP contribution >= 0.6 is 11.6 Å². The van der Waals surface area contributed by atoms with Crippen molar-refractivity contribution in [2.45, 2.75) is 53.9 Å². The lowest BCUT2D eigenvalue weighted by Gasteiger charge is -2.22. The molecule has 1 heterocycles. The molecule has 1 unspecified atom stereocenters. The Hall–Kier alpha value is -0.830. The molecule has 0 amide bonds. The SMILES string of the molecule is Cc1nn(C)c(Cl)c1CC(=O)CC(C)CC(C)(C)C. The molecule has 0 aliphatic carbocycles. The summed E-state index contributed by atoms with van der Waals surface area (Å²) >= 11 is 6.15. The van der Waals surface area contributed by atoms with Crippen LogP contribution in [0.4, 0.5) is 0 Å². The van der Waals surface area contributed by atoms with Crippen molar-refractivity contribution < 1.29 is 4.79 Å². The predicted molar refractivity (Wildman–Crippen MR) is 79.5 cm³/mol. The molecule has 4 heteroatoms. The highest BCUT2D eigenvalue weighted by Crippen LogP contribution is 2.27. The number of Topliss-reactive ketones (excluding diaryl/α,β-unsaturated/α-hetero) is 1. The number of carbonyl (C=O) groups excluding carboxylic acids is 1. The Morgan fingerprint density at radius 1 is 1.42 bits per heavy atom. The van der Waals surface area contributed by atoms with E-state index in [0.29, 0.717) is 23.9 Å². The molecule has 0 saturated heterocycles. The van der Waals surface area contributed by atoms with Gasteiger partial charge in [0.05, 0.1) is 5.69 Å². The van der Waals surface area contributed by atoms with Gasteiger partial charge >= 0.3 is 0 Å². The Morgan fingerprint density at radius 2 is 2.00 bits per heavy atom. The van der Waals surface area contributed by atoms with Gasteiger partial charge in [0.15, 0.2) is 0 Å². The lowest BCUT2D eigenvalue weighted by atomic mass is 9.83. The molecule has 0 aromatic carbocycles. The minimum Gasteiger partial charge on any atom is -0.299 e. The molecular formula is C15H25ClN2O.